The van der Waals surface area contributed by atoms with E-state index in [4.69, 9.17) is 4.42 Å². The van der Waals surface area contributed by atoms with Gasteiger partial charge in [0.25, 0.3) is 0 Å². The molecule has 0 amide bonds. The van der Waals surface area contributed by atoms with Crippen LogP contribution in [0.4, 0.5) is 0 Å². The molecular weight excluding hydrogens is 316 g/mol. The van der Waals surface area contributed by atoms with E-state index in [1.165, 1.54) is 0 Å². The molecule has 3 heterocycles. The van der Waals surface area contributed by atoms with Gasteiger partial charge < -0.3 is 15.1 Å². The fraction of sp³-hybridized carbons (Fsp3) is 0.611. The molecular formula is C18H28N6O. The van der Waals surface area contributed by atoms with Crippen molar-refractivity contribution in [3.63, 3.8) is 0 Å². The Bertz CT molecular complexity index is 676. The molecule has 2 aromatic rings. The summed E-state index contributed by atoms with van der Waals surface area (Å²) in [6, 6.07) is 4.24. The molecule has 0 saturated heterocycles. The van der Waals surface area contributed by atoms with Gasteiger partial charge in [-0.25, -0.2) is 9.67 Å². The third-order valence-corrected chi connectivity index (χ3v) is 4.30. The number of nitrogens with zero attached hydrogens (tertiary/aromatic N) is 4. The minimum Gasteiger partial charge on any atom is -0.469 e. The highest BCUT2D eigenvalue weighted by atomic mass is 16.3. The number of aliphatic imine (C=N–C) groups is 1. The number of aryl methyl sites for hydroxylation is 2. The standard InChI is InChI=1S/C18H28N6O/c1-3-10-19-18(20-11-9-15-6-5-12-25-15)21-14-7-8-17-22-16(4-2)23-24(17)13-14/h5-6,12,14H,3-4,7-11,13H2,1-2H3,(H2,19,20,21). The van der Waals surface area contributed by atoms with Gasteiger partial charge in [-0.3, -0.25) is 4.99 Å². The van der Waals surface area contributed by atoms with Gasteiger partial charge >= 0.3 is 0 Å². The molecule has 0 saturated carbocycles. The molecule has 7 heteroatoms. The van der Waals surface area contributed by atoms with Crippen LogP contribution in [-0.2, 0) is 25.8 Å². The first-order valence-corrected chi connectivity index (χ1v) is 9.28. The van der Waals surface area contributed by atoms with E-state index in [2.05, 4.69) is 39.6 Å². The number of hydrogen-bond acceptors (Lipinski definition) is 4. The van der Waals surface area contributed by atoms with E-state index in [9.17, 15) is 0 Å². The van der Waals surface area contributed by atoms with Gasteiger partial charge in [-0.15, -0.1) is 0 Å². The minimum atomic E-state index is 0.325. The van der Waals surface area contributed by atoms with Gasteiger partial charge in [-0.1, -0.05) is 13.8 Å². The van der Waals surface area contributed by atoms with E-state index in [1.807, 2.05) is 16.8 Å². The quantitative estimate of drug-likeness (QED) is 0.593. The van der Waals surface area contributed by atoms with Gasteiger partial charge in [0.05, 0.1) is 12.8 Å². The first-order valence-electron chi connectivity index (χ1n) is 9.28. The highest BCUT2D eigenvalue weighted by molar-refractivity contribution is 5.80. The Hall–Kier alpha value is -2.31. The monoisotopic (exact) mass is 344 g/mol. The number of hydrogen-bond donors (Lipinski definition) is 2. The summed E-state index contributed by atoms with van der Waals surface area (Å²) in [6.45, 7) is 6.68. The zero-order valence-corrected chi connectivity index (χ0v) is 15.2. The van der Waals surface area contributed by atoms with Crippen LogP contribution >= 0.6 is 0 Å². The van der Waals surface area contributed by atoms with Crippen molar-refractivity contribution in [2.75, 3.05) is 13.1 Å². The summed E-state index contributed by atoms with van der Waals surface area (Å²) in [5.41, 5.74) is 0. The number of fused-ring (bicyclic) bond motifs is 1. The number of aromatic nitrogens is 3. The van der Waals surface area contributed by atoms with Crippen LogP contribution in [0.1, 0.15) is 44.1 Å². The Morgan fingerprint density at radius 2 is 2.36 bits per heavy atom. The summed E-state index contributed by atoms with van der Waals surface area (Å²) >= 11 is 0. The molecule has 0 spiro atoms. The van der Waals surface area contributed by atoms with Crippen molar-refractivity contribution in [1.29, 1.82) is 0 Å². The molecule has 0 aliphatic carbocycles. The van der Waals surface area contributed by atoms with Gasteiger partial charge in [0, 0.05) is 38.4 Å². The smallest absolute Gasteiger partial charge is 0.191 e. The van der Waals surface area contributed by atoms with E-state index in [0.29, 0.717) is 6.04 Å². The minimum absolute atomic E-state index is 0.325. The lowest BCUT2D eigenvalue weighted by atomic mass is 10.1. The van der Waals surface area contributed by atoms with Crippen LogP contribution in [0.25, 0.3) is 0 Å². The molecule has 2 N–H and O–H groups in total. The van der Waals surface area contributed by atoms with E-state index in [1.54, 1.807) is 6.26 Å². The maximum atomic E-state index is 5.38. The normalized spacial score (nSPS) is 17.4. The Morgan fingerprint density at radius 3 is 3.12 bits per heavy atom. The molecule has 25 heavy (non-hydrogen) atoms. The van der Waals surface area contributed by atoms with E-state index >= 15 is 0 Å². The van der Waals surface area contributed by atoms with Crippen LogP contribution in [0.15, 0.2) is 27.8 Å². The van der Waals surface area contributed by atoms with Gasteiger partial charge in [-0.2, -0.15) is 5.10 Å². The molecule has 1 aliphatic heterocycles. The molecule has 1 aliphatic rings. The number of guanidine groups is 1. The predicted molar refractivity (Wildman–Crippen MR) is 97.7 cm³/mol. The molecule has 0 fully saturated rings. The Morgan fingerprint density at radius 1 is 1.44 bits per heavy atom. The van der Waals surface area contributed by atoms with Crippen molar-refractivity contribution >= 4 is 5.96 Å². The fourth-order valence-electron chi connectivity index (χ4n) is 2.96. The van der Waals surface area contributed by atoms with Crippen LogP contribution in [0.2, 0.25) is 0 Å². The third kappa shape index (κ3) is 4.84. The molecule has 2 aromatic heterocycles. The average molecular weight is 344 g/mol. The van der Waals surface area contributed by atoms with E-state index in [-0.39, 0.29) is 0 Å². The second kappa shape index (κ2) is 8.69. The summed E-state index contributed by atoms with van der Waals surface area (Å²) in [6.07, 6.45) is 6.48. The molecule has 136 valence electrons. The molecule has 7 nitrogen and oxygen atoms in total. The summed E-state index contributed by atoms with van der Waals surface area (Å²) < 4.78 is 7.42. The van der Waals surface area contributed by atoms with Gasteiger partial charge in [0.1, 0.15) is 11.6 Å². The summed E-state index contributed by atoms with van der Waals surface area (Å²) in [5, 5.41) is 11.6. The second-order valence-corrected chi connectivity index (χ2v) is 6.35. The highest BCUT2D eigenvalue weighted by Crippen LogP contribution is 2.13. The van der Waals surface area contributed by atoms with Crippen LogP contribution in [0.3, 0.4) is 0 Å². The van der Waals surface area contributed by atoms with Gasteiger partial charge in [0.2, 0.25) is 0 Å². The predicted octanol–water partition coefficient (Wildman–Crippen LogP) is 1.94. The number of furan rings is 1. The van der Waals surface area contributed by atoms with Crippen molar-refractivity contribution in [1.82, 2.24) is 25.4 Å². The highest BCUT2D eigenvalue weighted by Gasteiger charge is 2.22. The lowest BCUT2D eigenvalue weighted by Crippen LogP contribution is -2.47. The Labute approximate surface area is 148 Å². The zero-order valence-electron chi connectivity index (χ0n) is 15.2. The summed E-state index contributed by atoms with van der Waals surface area (Å²) in [5.74, 6) is 3.90. The molecule has 0 aromatic carbocycles. The first-order chi connectivity index (χ1) is 12.3. The van der Waals surface area contributed by atoms with Crippen molar-refractivity contribution in [3.05, 3.63) is 35.8 Å². The maximum absolute atomic E-state index is 5.38. The Kier molecular flexibility index (Phi) is 6.09. The molecule has 3 rings (SSSR count). The van der Waals surface area contributed by atoms with Crippen LogP contribution < -0.4 is 10.6 Å². The van der Waals surface area contributed by atoms with Gasteiger partial charge in [-0.05, 0) is 25.0 Å². The molecule has 1 atom stereocenters. The summed E-state index contributed by atoms with van der Waals surface area (Å²) in [4.78, 5) is 9.23. The lowest BCUT2D eigenvalue weighted by Gasteiger charge is -2.25. The van der Waals surface area contributed by atoms with Crippen molar-refractivity contribution < 1.29 is 4.42 Å². The third-order valence-electron chi connectivity index (χ3n) is 4.30. The molecule has 0 bridgehead atoms. The van der Waals surface area contributed by atoms with Crippen LogP contribution in [0, 0.1) is 0 Å². The first kappa shape index (κ1) is 17.5. The maximum Gasteiger partial charge on any atom is 0.191 e. The van der Waals surface area contributed by atoms with Gasteiger partial charge in [0.15, 0.2) is 11.8 Å². The van der Waals surface area contributed by atoms with Crippen LogP contribution in [-0.4, -0.2) is 39.9 Å². The average Bonchev–Trinajstić information content (AvgIpc) is 3.28. The molecule has 1 unspecified atom stereocenters. The SMILES string of the molecule is CCCN=C(NCCc1ccco1)NC1CCc2nc(CC)nn2C1. The fourth-order valence-corrected chi connectivity index (χ4v) is 2.96. The largest absolute Gasteiger partial charge is 0.469 e. The summed E-state index contributed by atoms with van der Waals surface area (Å²) in [7, 11) is 0. The van der Waals surface area contributed by atoms with E-state index < -0.39 is 0 Å². The topological polar surface area (TPSA) is 80.3 Å². The molecule has 0 radical (unpaired) electrons. The van der Waals surface area contributed by atoms with Crippen molar-refractivity contribution in [2.45, 2.75) is 58.5 Å². The van der Waals surface area contributed by atoms with Crippen LogP contribution in [0.5, 0.6) is 0 Å². The lowest BCUT2D eigenvalue weighted by molar-refractivity contribution is 0.391. The zero-order chi connectivity index (χ0) is 17.5. The van der Waals surface area contributed by atoms with Crippen molar-refractivity contribution in [3.8, 4) is 0 Å². The second-order valence-electron chi connectivity index (χ2n) is 6.35. The number of nitrogens with one attached hydrogen (secondary N) is 2. The van der Waals surface area contributed by atoms with Crippen molar-refractivity contribution in [2.24, 2.45) is 4.99 Å². The van der Waals surface area contributed by atoms with E-state index in [0.717, 1.165) is 75.1 Å². The Balaban J connectivity index is 1.54. The number of rotatable bonds is 7.